The van der Waals surface area contributed by atoms with E-state index in [1.807, 2.05) is 12.1 Å². The van der Waals surface area contributed by atoms with Crippen LogP contribution in [0.2, 0.25) is 0 Å². The van der Waals surface area contributed by atoms with E-state index in [0.29, 0.717) is 54.8 Å². The first-order valence-corrected chi connectivity index (χ1v) is 11.9. The highest BCUT2D eigenvalue weighted by Crippen LogP contribution is 2.29. The molecule has 1 amide bonds. The number of piperidine rings is 1. The first-order chi connectivity index (χ1) is 17.0. The summed E-state index contributed by atoms with van der Waals surface area (Å²) in [7, 11) is 2.08. The first-order valence-electron chi connectivity index (χ1n) is 11.9. The van der Waals surface area contributed by atoms with Crippen molar-refractivity contribution in [2.45, 2.75) is 18.9 Å². The minimum absolute atomic E-state index is 0.0594. The van der Waals surface area contributed by atoms with Crippen LogP contribution in [0.4, 0.5) is 21.7 Å². The van der Waals surface area contributed by atoms with E-state index in [9.17, 15) is 9.18 Å². The molecule has 4 heterocycles. The zero-order valence-corrected chi connectivity index (χ0v) is 19.8. The molecule has 184 valence electrons. The minimum Gasteiger partial charge on any atom is -0.474 e. The molecule has 2 saturated heterocycles. The number of H-pyrrole nitrogens is 1. The van der Waals surface area contributed by atoms with Gasteiger partial charge in [-0.3, -0.25) is 4.79 Å². The molecule has 3 aromatic rings. The van der Waals surface area contributed by atoms with Gasteiger partial charge in [0.15, 0.2) is 0 Å². The lowest BCUT2D eigenvalue weighted by atomic mass is 10.1. The Hall–Kier alpha value is -3.66. The highest BCUT2D eigenvalue weighted by atomic mass is 19.1. The number of likely N-dealkylation sites (tertiary alicyclic amines) is 1. The monoisotopic (exact) mass is 479 g/mol. The molecule has 35 heavy (non-hydrogen) atoms. The maximum Gasteiger partial charge on any atom is 0.245 e. The number of nitrogens with one attached hydrogen (secondary N) is 2. The quantitative estimate of drug-likeness (QED) is 0.525. The number of nitrogens with zero attached hydrogens (tertiary/aromatic N) is 5. The zero-order valence-electron chi connectivity index (χ0n) is 19.8. The van der Waals surface area contributed by atoms with E-state index >= 15 is 0 Å². The van der Waals surface area contributed by atoms with Gasteiger partial charge in [0.05, 0.1) is 11.1 Å². The van der Waals surface area contributed by atoms with Gasteiger partial charge in [-0.1, -0.05) is 6.58 Å². The number of aromatic nitrogens is 3. The number of piperazine rings is 1. The molecule has 0 aliphatic carbocycles. The van der Waals surface area contributed by atoms with E-state index in [2.05, 4.69) is 43.7 Å². The number of carbonyl (C=O) groups is 1. The van der Waals surface area contributed by atoms with Crippen LogP contribution in [0.5, 0.6) is 5.88 Å². The van der Waals surface area contributed by atoms with Crippen molar-refractivity contribution < 1.29 is 13.9 Å². The number of anilines is 3. The highest BCUT2D eigenvalue weighted by molar-refractivity contribution is 5.87. The molecule has 1 aromatic carbocycles. The number of fused-ring (bicyclic) bond motifs is 1. The predicted octanol–water partition coefficient (Wildman–Crippen LogP) is 3.15. The van der Waals surface area contributed by atoms with Gasteiger partial charge < -0.3 is 29.7 Å². The third kappa shape index (κ3) is 5.07. The van der Waals surface area contributed by atoms with Gasteiger partial charge in [0.1, 0.15) is 17.6 Å². The standard InChI is InChI=1S/C25H30FN7O2/c1-3-22(34)33-10-7-18(8-11-33)35-24-19-6-9-27-23(19)29-25(30-24)28-17-4-5-21(20(26)16-17)32-14-12-31(2)13-15-32/h3-6,9,16,18H,1,7-8,10-15H2,2H3,(H2,27,28,29,30). The van der Waals surface area contributed by atoms with Crippen molar-refractivity contribution in [1.82, 2.24) is 24.8 Å². The van der Waals surface area contributed by atoms with Crippen LogP contribution in [0, 0.1) is 5.82 Å². The van der Waals surface area contributed by atoms with Crippen molar-refractivity contribution in [3.8, 4) is 5.88 Å². The maximum atomic E-state index is 14.9. The molecule has 0 radical (unpaired) electrons. The Labute approximate surface area is 203 Å². The SMILES string of the molecule is C=CC(=O)N1CCC(Oc2nc(Nc3ccc(N4CCN(C)CC4)c(F)c3)nc3[nH]ccc23)CC1. The number of hydrogen-bond acceptors (Lipinski definition) is 7. The van der Waals surface area contributed by atoms with Crippen LogP contribution in [-0.4, -0.2) is 83.1 Å². The molecule has 10 heteroatoms. The van der Waals surface area contributed by atoms with Crippen LogP contribution in [0.15, 0.2) is 43.1 Å². The largest absolute Gasteiger partial charge is 0.474 e. The highest BCUT2D eigenvalue weighted by Gasteiger charge is 2.24. The van der Waals surface area contributed by atoms with E-state index in [1.165, 1.54) is 12.1 Å². The molecule has 2 N–H and O–H groups in total. The third-order valence-electron chi connectivity index (χ3n) is 6.64. The normalized spacial score (nSPS) is 17.5. The summed E-state index contributed by atoms with van der Waals surface area (Å²) >= 11 is 0. The predicted molar refractivity (Wildman–Crippen MR) is 134 cm³/mol. The lowest BCUT2D eigenvalue weighted by Crippen LogP contribution is -2.44. The molecule has 0 atom stereocenters. The summed E-state index contributed by atoms with van der Waals surface area (Å²) < 4.78 is 21.2. The van der Waals surface area contributed by atoms with Crippen LogP contribution in [0.25, 0.3) is 11.0 Å². The molecule has 0 spiro atoms. The van der Waals surface area contributed by atoms with Gasteiger partial charge in [-0.05, 0) is 37.4 Å². The number of hydrogen-bond donors (Lipinski definition) is 2. The first kappa shape index (κ1) is 23.1. The van der Waals surface area contributed by atoms with Gasteiger partial charge in [-0.2, -0.15) is 9.97 Å². The molecular weight excluding hydrogens is 449 g/mol. The average molecular weight is 480 g/mol. The van der Waals surface area contributed by atoms with E-state index in [4.69, 9.17) is 4.74 Å². The van der Waals surface area contributed by atoms with Gasteiger partial charge in [-0.15, -0.1) is 0 Å². The average Bonchev–Trinajstić information content (AvgIpc) is 3.34. The molecule has 0 bridgehead atoms. The maximum absolute atomic E-state index is 14.9. The Balaban J connectivity index is 1.30. The number of likely N-dealkylation sites (N-methyl/N-ethyl adjacent to an activating group) is 1. The number of halogens is 1. The van der Waals surface area contributed by atoms with Gasteiger partial charge >= 0.3 is 0 Å². The second kappa shape index (κ2) is 9.91. The van der Waals surface area contributed by atoms with Gasteiger partial charge in [-0.25, -0.2) is 4.39 Å². The van der Waals surface area contributed by atoms with E-state index < -0.39 is 0 Å². The van der Waals surface area contributed by atoms with Crippen molar-refractivity contribution in [3.05, 3.63) is 48.9 Å². The zero-order chi connectivity index (χ0) is 24.4. The van der Waals surface area contributed by atoms with Crippen LogP contribution < -0.4 is 15.0 Å². The summed E-state index contributed by atoms with van der Waals surface area (Å²) in [6.45, 7) is 8.20. The Bertz CT molecular complexity index is 1210. The van der Waals surface area contributed by atoms with Gasteiger partial charge in [0.2, 0.25) is 17.7 Å². The molecule has 2 aliphatic rings. The summed E-state index contributed by atoms with van der Waals surface area (Å²) in [6.07, 6.45) is 4.47. The summed E-state index contributed by atoms with van der Waals surface area (Å²) in [6, 6.07) is 6.98. The van der Waals surface area contributed by atoms with E-state index in [1.54, 1.807) is 17.2 Å². The smallest absolute Gasteiger partial charge is 0.245 e. The second-order valence-corrected chi connectivity index (χ2v) is 9.02. The summed E-state index contributed by atoms with van der Waals surface area (Å²) in [4.78, 5) is 30.1. The van der Waals surface area contributed by atoms with Crippen molar-refractivity contribution in [3.63, 3.8) is 0 Å². The Morgan fingerprint density at radius 3 is 2.66 bits per heavy atom. The van der Waals surface area contributed by atoms with Crippen LogP contribution >= 0.6 is 0 Å². The molecule has 5 rings (SSSR count). The molecule has 2 aliphatic heterocycles. The molecule has 2 fully saturated rings. The Morgan fingerprint density at radius 1 is 1.17 bits per heavy atom. The fourth-order valence-corrected chi connectivity index (χ4v) is 4.56. The summed E-state index contributed by atoms with van der Waals surface area (Å²) in [5, 5.41) is 3.89. The van der Waals surface area contributed by atoms with E-state index in [-0.39, 0.29) is 17.8 Å². The van der Waals surface area contributed by atoms with Crippen LogP contribution in [0.1, 0.15) is 12.8 Å². The minimum atomic E-state index is -0.280. The van der Waals surface area contributed by atoms with Crippen molar-refractivity contribution in [1.29, 1.82) is 0 Å². The lowest BCUT2D eigenvalue weighted by Gasteiger charge is -2.34. The third-order valence-corrected chi connectivity index (χ3v) is 6.64. The molecular formula is C25H30FN7O2. The second-order valence-electron chi connectivity index (χ2n) is 9.02. The Kier molecular flexibility index (Phi) is 6.54. The molecule has 2 aromatic heterocycles. The number of amides is 1. The number of carbonyl (C=O) groups excluding carboxylic acids is 1. The van der Waals surface area contributed by atoms with Crippen molar-refractivity contribution >= 4 is 34.3 Å². The molecule has 0 saturated carbocycles. The topological polar surface area (TPSA) is 89.6 Å². The van der Waals surface area contributed by atoms with Crippen molar-refractivity contribution in [2.75, 3.05) is 56.5 Å². The van der Waals surface area contributed by atoms with Gasteiger partial charge in [0.25, 0.3) is 0 Å². The van der Waals surface area contributed by atoms with E-state index in [0.717, 1.165) is 31.6 Å². The number of rotatable bonds is 6. The summed E-state index contributed by atoms with van der Waals surface area (Å²) in [5.41, 5.74) is 1.80. The molecule has 9 nitrogen and oxygen atoms in total. The van der Waals surface area contributed by atoms with Gasteiger partial charge in [0, 0.05) is 64.0 Å². The number of aromatic amines is 1. The summed E-state index contributed by atoms with van der Waals surface area (Å²) in [5.74, 6) is 0.441. The number of benzene rings is 1. The lowest BCUT2D eigenvalue weighted by molar-refractivity contribution is -0.127. The fourth-order valence-electron chi connectivity index (χ4n) is 4.56. The van der Waals surface area contributed by atoms with Crippen LogP contribution in [0.3, 0.4) is 0 Å². The fraction of sp³-hybridized carbons (Fsp3) is 0.400. The number of ether oxygens (including phenoxy) is 1. The molecule has 0 unspecified atom stereocenters. The van der Waals surface area contributed by atoms with Crippen molar-refractivity contribution in [2.24, 2.45) is 0 Å². The Morgan fingerprint density at radius 2 is 1.94 bits per heavy atom. The van der Waals surface area contributed by atoms with Crippen LogP contribution in [-0.2, 0) is 4.79 Å².